The predicted molar refractivity (Wildman–Crippen MR) is 98.1 cm³/mol. The summed E-state index contributed by atoms with van der Waals surface area (Å²) in [5, 5.41) is 20.3. The number of benzene rings is 2. The van der Waals surface area contributed by atoms with E-state index in [1.54, 1.807) is 6.07 Å². The Labute approximate surface area is 165 Å². The third kappa shape index (κ3) is 3.86. The number of aliphatic hydroxyl groups is 1. The second kappa shape index (κ2) is 7.85. The van der Waals surface area contributed by atoms with Gasteiger partial charge in [0.2, 0.25) is 0 Å². The highest BCUT2D eigenvalue weighted by Gasteiger charge is 2.50. The number of amides is 1. The Morgan fingerprint density at radius 2 is 1.89 bits per heavy atom. The number of piperidine rings is 1. The summed E-state index contributed by atoms with van der Waals surface area (Å²) in [5.74, 6) is -2.95. The summed E-state index contributed by atoms with van der Waals surface area (Å²) < 4.78 is 26.8. The highest BCUT2D eigenvalue weighted by molar-refractivity contribution is 6.33. The van der Waals surface area contributed by atoms with Crippen LogP contribution in [-0.4, -0.2) is 46.2 Å². The van der Waals surface area contributed by atoms with Gasteiger partial charge in [-0.1, -0.05) is 23.7 Å². The van der Waals surface area contributed by atoms with Crippen molar-refractivity contribution in [1.29, 1.82) is 0 Å². The van der Waals surface area contributed by atoms with Crippen LogP contribution in [0.25, 0.3) is 0 Å². The van der Waals surface area contributed by atoms with Crippen molar-refractivity contribution in [3.05, 3.63) is 70.2 Å². The largest absolute Gasteiger partial charge is 0.481 e. The minimum atomic E-state index is -1.70. The zero-order chi connectivity index (χ0) is 20.5. The summed E-state index contributed by atoms with van der Waals surface area (Å²) in [4.78, 5) is 26.2. The molecule has 5 nitrogen and oxygen atoms in total. The van der Waals surface area contributed by atoms with Gasteiger partial charge in [0.15, 0.2) is 0 Å². The molecule has 2 N–H and O–H groups in total. The monoisotopic (exact) mass is 409 g/mol. The van der Waals surface area contributed by atoms with Crippen LogP contribution in [0.15, 0.2) is 42.5 Å². The maximum absolute atomic E-state index is 13.5. The summed E-state index contributed by atoms with van der Waals surface area (Å²) in [6, 6.07) is 8.80. The van der Waals surface area contributed by atoms with E-state index in [-0.39, 0.29) is 36.5 Å². The average molecular weight is 410 g/mol. The van der Waals surface area contributed by atoms with Crippen molar-refractivity contribution in [3.63, 3.8) is 0 Å². The van der Waals surface area contributed by atoms with Gasteiger partial charge in [-0.2, -0.15) is 0 Å². The molecule has 2 aromatic rings. The molecule has 1 amide bonds. The van der Waals surface area contributed by atoms with Crippen molar-refractivity contribution in [2.75, 3.05) is 13.1 Å². The van der Waals surface area contributed by atoms with Crippen molar-refractivity contribution < 1.29 is 28.6 Å². The standard InChI is InChI=1S/C20H18ClF2NO4/c21-16-9-14(23)4-5-15(16)18(26)24-7-6-17(25)20(11-24,19(27)28)10-12-2-1-3-13(22)8-12/h1-5,8-9,17,25H,6-7,10-11H2,(H,27,28)/t17-,20-/m1/s1. The molecular formula is C20H18ClF2NO4. The highest BCUT2D eigenvalue weighted by atomic mass is 35.5. The third-order valence-corrected chi connectivity index (χ3v) is 5.38. The fraction of sp³-hybridized carbons (Fsp3) is 0.300. The van der Waals surface area contributed by atoms with Gasteiger partial charge in [0.1, 0.15) is 17.0 Å². The number of hydrogen-bond donors (Lipinski definition) is 2. The molecule has 0 radical (unpaired) electrons. The van der Waals surface area contributed by atoms with Crippen LogP contribution in [-0.2, 0) is 11.2 Å². The molecule has 3 rings (SSSR count). The number of aliphatic hydroxyl groups excluding tert-OH is 1. The van der Waals surface area contributed by atoms with Gasteiger partial charge < -0.3 is 15.1 Å². The molecular weight excluding hydrogens is 392 g/mol. The van der Waals surface area contributed by atoms with Crippen LogP contribution >= 0.6 is 11.6 Å². The number of carbonyl (C=O) groups is 2. The summed E-state index contributed by atoms with van der Waals surface area (Å²) in [6.07, 6.45) is -1.34. The van der Waals surface area contributed by atoms with E-state index in [0.717, 1.165) is 12.1 Å². The lowest BCUT2D eigenvalue weighted by Gasteiger charge is -2.43. The average Bonchev–Trinajstić information content (AvgIpc) is 2.63. The van der Waals surface area contributed by atoms with Gasteiger partial charge in [-0.15, -0.1) is 0 Å². The molecule has 8 heteroatoms. The molecule has 0 aromatic heterocycles. The molecule has 0 unspecified atom stereocenters. The van der Waals surface area contributed by atoms with Crippen molar-refractivity contribution in [2.45, 2.75) is 18.9 Å². The van der Waals surface area contributed by atoms with Gasteiger partial charge in [0.05, 0.1) is 16.7 Å². The lowest BCUT2D eigenvalue weighted by molar-refractivity contribution is -0.161. The van der Waals surface area contributed by atoms with Crippen molar-refractivity contribution in [2.24, 2.45) is 5.41 Å². The summed E-state index contributed by atoms with van der Waals surface area (Å²) >= 11 is 5.96. The Hall–Kier alpha value is -2.51. The molecule has 148 valence electrons. The van der Waals surface area contributed by atoms with E-state index in [1.165, 1.54) is 29.2 Å². The Morgan fingerprint density at radius 3 is 2.54 bits per heavy atom. The Morgan fingerprint density at radius 1 is 1.18 bits per heavy atom. The van der Waals surface area contributed by atoms with E-state index < -0.39 is 35.0 Å². The van der Waals surface area contributed by atoms with E-state index >= 15 is 0 Å². The van der Waals surface area contributed by atoms with Crippen LogP contribution in [0, 0.1) is 17.0 Å². The van der Waals surface area contributed by atoms with E-state index in [9.17, 15) is 28.6 Å². The zero-order valence-electron chi connectivity index (χ0n) is 14.7. The highest BCUT2D eigenvalue weighted by Crippen LogP contribution is 2.36. The Bertz CT molecular complexity index is 923. The van der Waals surface area contributed by atoms with Crippen molar-refractivity contribution >= 4 is 23.5 Å². The van der Waals surface area contributed by atoms with Crippen LogP contribution in [0.4, 0.5) is 8.78 Å². The smallest absolute Gasteiger partial charge is 0.314 e. The first-order chi connectivity index (χ1) is 13.2. The van der Waals surface area contributed by atoms with Gasteiger partial charge in [0.25, 0.3) is 5.91 Å². The summed E-state index contributed by atoms with van der Waals surface area (Å²) in [5.41, 5.74) is -1.26. The number of nitrogens with zero attached hydrogens (tertiary/aromatic N) is 1. The Balaban J connectivity index is 1.92. The lowest BCUT2D eigenvalue weighted by atomic mass is 9.72. The molecule has 1 fully saturated rings. The minimum Gasteiger partial charge on any atom is -0.481 e. The van der Waals surface area contributed by atoms with E-state index in [0.29, 0.717) is 5.56 Å². The summed E-state index contributed by atoms with van der Waals surface area (Å²) in [6.45, 7) is -0.168. The Kier molecular flexibility index (Phi) is 5.67. The van der Waals surface area contributed by atoms with Gasteiger partial charge >= 0.3 is 5.97 Å². The first-order valence-corrected chi connectivity index (χ1v) is 9.01. The minimum absolute atomic E-state index is 0.0339. The first-order valence-electron chi connectivity index (χ1n) is 8.63. The quantitative estimate of drug-likeness (QED) is 0.813. The molecule has 0 spiro atoms. The number of aliphatic carboxylic acids is 1. The molecule has 2 atom stereocenters. The number of carboxylic acid groups (broad SMARTS) is 1. The fourth-order valence-electron chi connectivity index (χ4n) is 3.56. The third-order valence-electron chi connectivity index (χ3n) is 5.07. The topological polar surface area (TPSA) is 77.8 Å². The van der Waals surface area contributed by atoms with Crippen LogP contribution in [0.5, 0.6) is 0 Å². The SMILES string of the molecule is O=C(c1ccc(F)cc1Cl)N1CC[C@@H](O)[C@](Cc2cccc(F)c2)(C(=O)O)C1. The number of hydrogen-bond acceptors (Lipinski definition) is 3. The second-order valence-electron chi connectivity index (χ2n) is 6.92. The predicted octanol–water partition coefficient (Wildman–Crippen LogP) is 3.14. The fourth-order valence-corrected chi connectivity index (χ4v) is 3.80. The van der Waals surface area contributed by atoms with Crippen LogP contribution in [0.1, 0.15) is 22.3 Å². The number of halogens is 3. The molecule has 0 saturated carbocycles. The summed E-state index contributed by atoms with van der Waals surface area (Å²) in [7, 11) is 0. The molecule has 1 aliphatic rings. The zero-order valence-corrected chi connectivity index (χ0v) is 15.5. The molecule has 2 aromatic carbocycles. The molecule has 1 heterocycles. The number of carboxylic acids is 1. The van der Waals surface area contributed by atoms with Gasteiger partial charge in [-0.25, -0.2) is 8.78 Å². The van der Waals surface area contributed by atoms with Crippen LogP contribution in [0.2, 0.25) is 5.02 Å². The first kappa shape index (κ1) is 20.2. The van der Waals surface area contributed by atoms with Crippen molar-refractivity contribution in [3.8, 4) is 0 Å². The van der Waals surface area contributed by atoms with Gasteiger partial charge in [-0.3, -0.25) is 9.59 Å². The molecule has 0 bridgehead atoms. The van der Waals surface area contributed by atoms with Crippen molar-refractivity contribution in [1.82, 2.24) is 4.90 Å². The number of rotatable bonds is 4. The van der Waals surface area contributed by atoms with Gasteiger partial charge in [-0.05, 0) is 48.7 Å². The molecule has 0 aliphatic carbocycles. The molecule has 28 heavy (non-hydrogen) atoms. The normalized spacial score (nSPS) is 22.1. The van der Waals surface area contributed by atoms with Crippen LogP contribution in [0.3, 0.4) is 0 Å². The van der Waals surface area contributed by atoms with E-state index in [2.05, 4.69) is 0 Å². The van der Waals surface area contributed by atoms with Gasteiger partial charge in [0, 0.05) is 13.1 Å². The lowest BCUT2D eigenvalue weighted by Crippen LogP contribution is -2.58. The van der Waals surface area contributed by atoms with E-state index in [1.807, 2.05) is 0 Å². The maximum atomic E-state index is 13.5. The second-order valence-corrected chi connectivity index (χ2v) is 7.33. The van der Waals surface area contributed by atoms with Crippen LogP contribution < -0.4 is 0 Å². The van der Waals surface area contributed by atoms with E-state index in [4.69, 9.17) is 11.6 Å². The maximum Gasteiger partial charge on any atom is 0.314 e. The molecule has 1 saturated heterocycles. The molecule has 1 aliphatic heterocycles. The number of likely N-dealkylation sites (tertiary alicyclic amines) is 1. The number of carbonyl (C=O) groups excluding carboxylic acids is 1.